The molecule has 0 aromatic carbocycles. The lowest BCUT2D eigenvalue weighted by atomic mass is 9.95. The minimum Gasteiger partial charge on any atom is -0.371 e. The van der Waals surface area contributed by atoms with Crippen LogP contribution in [0.4, 0.5) is 0 Å². The molecule has 128 valence electrons. The zero-order valence-corrected chi connectivity index (χ0v) is 16.1. The summed E-state index contributed by atoms with van der Waals surface area (Å²) in [7, 11) is 0. The first-order chi connectivity index (χ1) is 10.7. The van der Waals surface area contributed by atoms with Crippen LogP contribution in [0.2, 0.25) is 0 Å². The highest BCUT2D eigenvalue weighted by Crippen LogP contribution is 2.31. The van der Waals surface area contributed by atoms with E-state index < -0.39 is 0 Å². The van der Waals surface area contributed by atoms with Crippen molar-refractivity contribution in [2.75, 3.05) is 13.1 Å². The van der Waals surface area contributed by atoms with Crippen molar-refractivity contribution in [1.29, 1.82) is 5.41 Å². The molecule has 2 nitrogen and oxygen atoms in total. The summed E-state index contributed by atoms with van der Waals surface area (Å²) in [5.41, 5.74) is 6.63. The van der Waals surface area contributed by atoms with Gasteiger partial charge in [0.2, 0.25) is 0 Å². The van der Waals surface area contributed by atoms with E-state index in [1.54, 1.807) is 0 Å². The normalized spacial score (nSPS) is 18.7. The predicted octanol–water partition coefficient (Wildman–Crippen LogP) is 5.75. The first kappa shape index (κ1) is 19.5. The minimum atomic E-state index is 0.593. The second kappa shape index (κ2) is 8.33. The predicted molar refractivity (Wildman–Crippen MR) is 103 cm³/mol. The highest BCUT2D eigenvalue weighted by molar-refractivity contribution is 6.01. The fraction of sp³-hybridized carbons (Fsp3) is 0.571. The van der Waals surface area contributed by atoms with Gasteiger partial charge < -0.3 is 10.3 Å². The molecule has 1 unspecified atom stereocenters. The third kappa shape index (κ3) is 4.95. The quantitative estimate of drug-likeness (QED) is 0.470. The largest absolute Gasteiger partial charge is 0.371 e. The van der Waals surface area contributed by atoms with Gasteiger partial charge in [-0.2, -0.15) is 0 Å². The van der Waals surface area contributed by atoms with E-state index >= 15 is 0 Å². The van der Waals surface area contributed by atoms with Gasteiger partial charge in [-0.05, 0) is 63.2 Å². The lowest BCUT2D eigenvalue weighted by Gasteiger charge is -2.23. The maximum Gasteiger partial charge on any atom is 0.0365 e. The summed E-state index contributed by atoms with van der Waals surface area (Å²) < 4.78 is 0. The second-order valence-corrected chi connectivity index (χ2v) is 7.40. The van der Waals surface area contributed by atoms with Crippen LogP contribution in [0, 0.1) is 17.2 Å². The molecule has 23 heavy (non-hydrogen) atoms. The molecule has 1 rings (SSSR count). The molecule has 0 spiro atoms. The van der Waals surface area contributed by atoms with Gasteiger partial charge in [0.1, 0.15) is 0 Å². The smallest absolute Gasteiger partial charge is 0.0365 e. The second-order valence-electron chi connectivity index (χ2n) is 7.40. The highest BCUT2D eigenvalue weighted by atomic mass is 15.2. The van der Waals surface area contributed by atoms with Crippen molar-refractivity contribution >= 4 is 5.71 Å². The van der Waals surface area contributed by atoms with E-state index in [1.165, 1.54) is 23.3 Å². The number of hydrogen-bond donors (Lipinski definition) is 1. The Kier molecular flexibility index (Phi) is 7.05. The van der Waals surface area contributed by atoms with Gasteiger partial charge >= 0.3 is 0 Å². The van der Waals surface area contributed by atoms with Crippen molar-refractivity contribution < 1.29 is 0 Å². The zero-order valence-electron chi connectivity index (χ0n) is 16.1. The van der Waals surface area contributed by atoms with E-state index in [9.17, 15) is 0 Å². The lowest BCUT2D eigenvalue weighted by molar-refractivity contribution is 0.332. The number of hydrogen-bond acceptors (Lipinski definition) is 2. The molecule has 0 saturated carbocycles. The molecule has 0 aromatic rings. The molecular formula is C21H34N2. The van der Waals surface area contributed by atoms with Crippen LogP contribution in [-0.4, -0.2) is 23.7 Å². The maximum absolute atomic E-state index is 8.09. The van der Waals surface area contributed by atoms with E-state index in [0.29, 0.717) is 17.5 Å². The number of nitrogens with zero attached hydrogens (tertiary/aromatic N) is 1. The summed E-state index contributed by atoms with van der Waals surface area (Å²) in [6.45, 7) is 21.3. The fourth-order valence-electron chi connectivity index (χ4n) is 3.16. The van der Waals surface area contributed by atoms with Crippen molar-refractivity contribution in [2.24, 2.45) is 11.8 Å². The Labute approximate surface area is 143 Å². The topological polar surface area (TPSA) is 27.1 Å². The fourth-order valence-corrected chi connectivity index (χ4v) is 3.16. The Hall–Kier alpha value is -1.57. The summed E-state index contributed by atoms with van der Waals surface area (Å²) in [6.07, 6.45) is 5.34. The van der Waals surface area contributed by atoms with E-state index in [1.807, 2.05) is 13.0 Å². The van der Waals surface area contributed by atoms with Gasteiger partial charge in [0.25, 0.3) is 0 Å². The Morgan fingerprint density at radius 1 is 1.35 bits per heavy atom. The van der Waals surface area contributed by atoms with E-state index in [2.05, 4.69) is 59.1 Å². The first-order valence-corrected chi connectivity index (χ1v) is 8.72. The molecule has 1 aliphatic rings. The SMILES string of the molecule is C=C/C(=C\C1=C(C)C(C)CN1CCC(C)C)C(C(C)=N)=C(C)C. The van der Waals surface area contributed by atoms with E-state index in [4.69, 9.17) is 5.41 Å². The van der Waals surface area contributed by atoms with Crippen LogP contribution in [0.25, 0.3) is 0 Å². The summed E-state index contributed by atoms with van der Waals surface area (Å²) in [6, 6.07) is 0. The molecule has 1 heterocycles. The van der Waals surface area contributed by atoms with E-state index in [0.717, 1.165) is 24.2 Å². The summed E-state index contributed by atoms with van der Waals surface area (Å²) in [5.74, 6) is 1.31. The molecule has 1 atom stereocenters. The summed E-state index contributed by atoms with van der Waals surface area (Å²) in [4.78, 5) is 2.51. The molecule has 0 amide bonds. The van der Waals surface area contributed by atoms with Gasteiger partial charge in [0, 0.05) is 30.1 Å². The van der Waals surface area contributed by atoms with Crippen LogP contribution < -0.4 is 0 Å². The van der Waals surface area contributed by atoms with Gasteiger partial charge in [-0.25, -0.2) is 0 Å². The number of nitrogens with one attached hydrogen (secondary N) is 1. The molecule has 0 fully saturated rings. The molecule has 1 aliphatic heterocycles. The molecule has 0 bridgehead atoms. The standard InChI is InChI=1S/C21H34N2/c1-9-19(21(15(4)5)18(8)22)12-20-17(7)16(6)13-23(20)11-10-14(2)3/h9,12,14,16,22H,1,10-11,13H2,2-8H3/b19-12+,22-18?. The van der Waals surface area contributed by atoms with Crippen molar-refractivity contribution in [1.82, 2.24) is 4.90 Å². The molecule has 0 aromatic heterocycles. The maximum atomic E-state index is 8.09. The van der Waals surface area contributed by atoms with Crippen molar-refractivity contribution in [3.63, 3.8) is 0 Å². The van der Waals surface area contributed by atoms with Crippen molar-refractivity contribution in [2.45, 2.75) is 54.9 Å². The lowest BCUT2D eigenvalue weighted by Crippen LogP contribution is -2.23. The monoisotopic (exact) mass is 314 g/mol. The van der Waals surface area contributed by atoms with Crippen molar-refractivity contribution in [3.8, 4) is 0 Å². The average Bonchev–Trinajstić information content (AvgIpc) is 2.71. The molecule has 0 radical (unpaired) electrons. The van der Waals surface area contributed by atoms with Crippen LogP contribution in [0.5, 0.6) is 0 Å². The third-order valence-electron chi connectivity index (χ3n) is 4.63. The average molecular weight is 315 g/mol. The first-order valence-electron chi connectivity index (χ1n) is 8.72. The number of allylic oxidation sites excluding steroid dienone is 5. The van der Waals surface area contributed by atoms with Gasteiger partial charge in [-0.15, -0.1) is 0 Å². The van der Waals surface area contributed by atoms with Crippen LogP contribution in [0.3, 0.4) is 0 Å². The molecule has 0 aliphatic carbocycles. The Morgan fingerprint density at radius 3 is 2.39 bits per heavy atom. The molecular weight excluding hydrogens is 280 g/mol. The zero-order chi connectivity index (χ0) is 17.7. The Balaban J connectivity index is 3.24. The van der Waals surface area contributed by atoms with Crippen LogP contribution in [0.1, 0.15) is 54.9 Å². The molecule has 1 N–H and O–H groups in total. The Morgan fingerprint density at radius 2 is 1.96 bits per heavy atom. The van der Waals surface area contributed by atoms with Crippen molar-refractivity contribution in [3.05, 3.63) is 46.7 Å². The molecule has 0 saturated heterocycles. The van der Waals surface area contributed by atoms with Gasteiger partial charge in [-0.3, -0.25) is 0 Å². The number of rotatable bonds is 7. The van der Waals surface area contributed by atoms with Crippen LogP contribution in [-0.2, 0) is 0 Å². The van der Waals surface area contributed by atoms with E-state index in [-0.39, 0.29) is 0 Å². The van der Waals surface area contributed by atoms with Gasteiger partial charge in [0.05, 0.1) is 0 Å². The highest BCUT2D eigenvalue weighted by Gasteiger charge is 2.25. The Bertz CT molecular complexity index is 554. The van der Waals surface area contributed by atoms with Crippen LogP contribution >= 0.6 is 0 Å². The van der Waals surface area contributed by atoms with Gasteiger partial charge in [0.15, 0.2) is 0 Å². The third-order valence-corrected chi connectivity index (χ3v) is 4.63. The summed E-state index contributed by atoms with van der Waals surface area (Å²) >= 11 is 0. The molecule has 2 heteroatoms. The minimum absolute atomic E-state index is 0.593. The van der Waals surface area contributed by atoms with Crippen LogP contribution in [0.15, 0.2) is 46.7 Å². The summed E-state index contributed by atoms with van der Waals surface area (Å²) in [5, 5.41) is 8.09. The van der Waals surface area contributed by atoms with Gasteiger partial charge in [-0.1, -0.05) is 39.0 Å².